The molecule has 0 spiro atoms. The number of benzene rings is 1. The van der Waals surface area contributed by atoms with Crippen molar-refractivity contribution in [1.29, 1.82) is 0 Å². The second kappa shape index (κ2) is 5.97. The summed E-state index contributed by atoms with van der Waals surface area (Å²) in [5.74, 6) is -0.776. The largest absolute Gasteiger partial charge is 0.492 e. The van der Waals surface area contributed by atoms with Crippen LogP contribution in [-0.2, 0) is 0 Å². The van der Waals surface area contributed by atoms with Gasteiger partial charge in [0, 0.05) is 4.47 Å². The van der Waals surface area contributed by atoms with Crippen molar-refractivity contribution in [2.24, 2.45) is 0 Å². The molecule has 1 N–H and O–H groups in total. The van der Waals surface area contributed by atoms with Crippen molar-refractivity contribution in [3.05, 3.63) is 21.9 Å². The van der Waals surface area contributed by atoms with E-state index in [1.165, 1.54) is 20.3 Å². The molecule has 0 saturated heterocycles. The first-order valence-electron chi connectivity index (χ1n) is 4.84. The molecule has 0 radical (unpaired) electrons. The van der Waals surface area contributed by atoms with Gasteiger partial charge >= 0.3 is 0 Å². The minimum Gasteiger partial charge on any atom is -0.492 e. The van der Waals surface area contributed by atoms with Crippen molar-refractivity contribution in [2.45, 2.75) is 0 Å². The van der Waals surface area contributed by atoms with E-state index in [0.29, 0.717) is 4.47 Å². The highest BCUT2D eigenvalue weighted by Crippen LogP contribution is 2.38. The minimum absolute atomic E-state index is 0.0739. The average Bonchev–Trinajstić information content (AvgIpc) is 2.28. The molecule has 17 heavy (non-hydrogen) atoms. The SMILES string of the molecule is CNCC(=O)c1c(Br)cc(F)c(OC)c1OC. The molecule has 1 rings (SSSR count). The summed E-state index contributed by atoms with van der Waals surface area (Å²) in [4.78, 5) is 11.9. The maximum Gasteiger partial charge on any atom is 0.197 e. The zero-order valence-corrected chi connectivity index (χ0v) is 11.4. The lowest BCUT2D eigenvalue weighted by molar-refractivity contribution is 0.0989. The molecule has 0 saturated carbocycles. The monoisotopic (exact) mass is 305 g/mol. The van der Waals surface area contributed by atoms with E-state index in [4.69, 9.17) is 9.47 Å². The first-order valence-corrected chi connectivity index (χ1v) is 5.63. The van der Waals surface area contributed by atoms with Gasteiger partial charge in [0.05, 0.1) is 26.3 Å². The Bertz CT molecular complexity index is 437. The van der Waals surface area contributed by atoms with Crippen LogP contribution in [0.3, 0.4) is 0 Å². The first kappa shape index (κ1) is 13.9. The van der Waals surface area contributed by atoms with Gasteiger partial charge in [-0.2, -0.15) is 0 Å². The third-order valence-electron chi connectivity index (χ3n) is 2.17. The van der Waals surface area contributed by atoms with E-state index in [1.54, 1.807) is 7.05 Å². The van der Waals surface area contributed by atoms with Crippen LogP contribution in [0.15, 0.2) is 10.5 Å². The second-order valence-corrected chi connectivity index (χ2v) is 4.09. The molecule has 0 atom stereocenters. The fraction of sp³-hybridized carbons (Fsp3) is 0.364. The van der Waals surface area contributed by atoms with Crippen molar-refractivity contribution >= 4 is 21.7 Å². The number of rotatable bonds is 5. The Hall–Kier alpha value is -1.14. The van der Waals surface area contributed by atoms with Gasteiger partial charge in [0.1, 0.15) is 0 Å². The fourth-order valence-electron chi connectivity index (χ4n) is 1.47. The number of halogens is 2. The Morgan fingerprint density at radius 3 is 2.47 bits per heavy atom. The summed E-state index contributed by atoms with van der Waals surface area (Å²) in [6.07, 6.45) is 0. The van der Waals surface area contributed by atoms with E-state index in [0.717, 1.165) is 0 Å². The summed E-state index contributed by atoms with van der Waals surface area (Å²) < 4.78 is 23.9. The normalized spacial score (nSPS) is 10.2. The molecule has 0 bridgehead atoms. The third kappa shape index (κ3) is 2.76. The van der Waals surface area contributed by atoms with Gasteiger partial charge in [0.25, 0.3) is 0 Å². The summed E-state index contributed by atoms with van der Waals surface area (Å²) in [6, 6.07) is 1.18. The van der Waals surface area contributed by atoms with Gasteiger partial charge in [0.15, 0.2) is 23.1 Å². The lowest BCUT2D eigenvalue weighted by Crippen LogP contribution is -2.20. The molecule has 0 aliphatic rings. The molecule has 0 fully saturated rings. The van der Waals surface area contributed by atoms with Crippen LogP contribution in [0.4, 0.5) is 4.39 Å². The molecule has 4 nitrogen and oxygen atoms in total. The molecule has 6 heteroatoms. The number of ether oxygens (including phenoxy) is 2. The summed E-state index contributed by atoms with van der Waals surface area (Å²) >= 11 is 3.15. The van der Waals surface area contributed by atoms with Gasteiger partial charge in [-0.15, -0.1) is 0 Å². The molecule has 0 unspecified atom stereocenters. The van der Waals surface area contributed by atoms with Crippen molar-refractivity contribution in [2.75, 3.05) is 27.8 Å². The van der Waals surface area contributed by atoms with Crippen LogP contribution in [0, 0.1) is 5.82 Å². The van der Waals surface area contributed by atoms with E-state index >= 15 is 0 Å². The third-order valence-corrected chi connectivity index (χ3v) is 2.79. The topological polar surface area (TPSA) is 47.6 Å². The number of methoxy groups -OCH3 is 2. The smallest absolute Gasteiger partial charge is 0.197 e. The van der Waals surface area contributed by atoms with Crippen LogP contribution in [0.25, 0.3) is 0 Å². The van der Waals surface area contributed by atoms with Crippen LogP contribution in [0.5, 0.6) is 11.5 Å². The molecular weight excluding hydrogens is 293 g/mol. The van der Waals surface area contributed by atoms with Crippen LogP contribution in [0.1, 0.15) is 10.4 Å². The Morgan fingerprint density at radius 1 is 1.41 bits per heavy atom. The highest BCUT2D eigenvalue weighted by molar-refractivity contribution is 9.10. The van der Waals surface area contributed by atoms with E-state index in [2.05, 4.69) is 21.2 Å². The molecule has 94 valence electrons. The zero-order chi connectivity index (χ0) is 13.0. The molecule has 0 aliphatic carbocycles. The second-order valence-electron chi connectivity index (χ2n) is 3.24. The Morgan fingerprint density at radius 2 is 2.00 bits per heavy atom. The number of nitrogens with one attached hydrogen (secondary N) is 1. The summed E-state index contributed by atoms with van der Waals surface area (Å²) in [7, 11) is 4.33. The summed E-state index contributed by atoms with van der Waals surface area (Å²) in [5.41, 5.74) is 0.264. The molecule has 1 aromatic rings. The highest BCUT2D eigenvalue weighted by Gasteiger charge is 2.23. The van der Waals surface area contributed by atoms with Gasteiger partial charge in [-0.05, 0) is 29.0 Å². The molecule has 0 aromatic heterocycles. The van der Waals surface area contributed by atoms with E-state index < -0.39 is 5.82 Å². The van der Waals surface area contributed by atoms with Gasteiger partial charge in [-0.1, -0.05) is 0 Å². The van der Waals surface area contributed by atoms with Crippen LogP contribution in [0.2, 0.25) is 0 Å². The number of carbonyl (C=O) groups is 1. The molecule has 0 amide bonds. The maximum atomic E-state index is 13.6. The van der Waals surface area contributed by atoms with Crippen molar-refractivity contribution in [1.82, 2.24) is 5.32 Å². The summed E-state index contributed by atoms with van der Waals surface area (Å²) in [5, 5.41) is 2.74. The predicted octanol–water partition coefficient (Wildman–Crippen LogP) is 2.01. The first-order chi connectivity index (χ1) is 8.06. The minimum atomic E-state index is -0.586. The van der Waals surface area contributed by atoms with E-state index in [9.17, 15) is 9.18 Å². The summed E-state index contributed by atoms with van der Waals surface area (Å²) in [6.45, 7) is 0.129. The molecule has 0 aliphatic heterocycles. The molecule has 1 aromatic carbocycles. The van der Waals surface area contributed by atoms with Crippen LogP contribution < -0.4 is 14.8 Å². The lowest BCUT2D eigenvalue weighted by Gasteiger charge is -2.14. The van der Waals surface area contributed by atoms with Gasteiger partial charge < -0.3 is 14.8 Å². The van der Waals surface area contributed by atoms with Crippen LogP contribution >= 0.6 is 15.9 Å². The highest BCUT2D eigenvalue weighted by atomic mass is 79.9. The van der Waals surface area contributed by atoms with Crippen molar-refractivity contribution < 1.29 is 18.7 Å². The average molecular weight is 306 g/mol. The van der Waals surface area contributed by atoms with E-state index in [1.807, 2.05) is 0 Å². The van der Waals surface area contributed by atoms with E-state index in [-0.39, 0.29) is 29.4 Å². The predicted molar refractivity (Wildman–Crippen MR) is 65.5 cm³/mol. The van der Waals surface area contributed by atoms with Crippen molar-refractivity contribution in [3.63, 3.8) is 0 Å². The van der Waals surface area contributed by atoms with Gasteiger partial charge in [0.2, 0.25) is 0 Å². The lowest BCUT2D eigenvalue weighted by atomic mass is 10.1. The molecule has 0 heterocycles. The Kier molecular flexibility index (Phi) is 4.89. The number of ketones is 1. The number of carbonyl (C=O) groups excluding carboxylic acids is 1. The number of likely N-dealkylation sites (N-methyl/N-ethyl adjacent to an activating group) is 1. The quantitative estimate of drug-likeness (QED) is 0.845. The zero-order valence-electron chi connectivity index (χ0n) is 9.77. The molecular formula is C11H13BrFNO3. The maximum absolute atomic E-state index is 13.6. The fourth-order valence-corrected chi connectivity index (χ4v) is 2.08. The van der Waals surface area contributed by atoms with Gasteiger partial charge in [-0.3, -0.25) is 4.79 Å². The Balaban J connectivity index is 3.41. The Labute approximate surface area is 107 Å². The number of Topliss-reactive ketones (excluding diaryl/α,β-unsaturated/α-hetero) is 1. The number of hydrogen-bond donors (Lipinski definition) is 1. The standard InChI is InChI=1S/C11H13BrFNO3/c1-14-5-8(15)9-6(12)4-7(13)10(16-2)11(9)17-3/h4,14H,5H2,1-3H3. The van der Waals surface area contributed by atoms with Gasteiger partial charge in [-0.25, -0.2) is 4.39 Å². The van der Waals surface area contributed by atoms with Crippen LogP contribution in [-0.4, -0.2) is 33.6 Å². The van der Waals surface area contributed by atoms with Crippen molar-refractivity contribution in [3.8, 4) is 11.5 Å². The number of hydrogen-bond acceptors (Lipinski definition) is 4.